The highest BCUT2D eigenvalue weighted by molar-refractivity contribution is 8.00. The monoisotopic (exact) mass is 436 g/mol. The van der Waals surface area contributed by atoms with Gasteiger partial charge in [0.15, 0.2) is 0 Å². The van der Waals surface area contributed by atoms with Crippen molar-refractivity contribution in [3.05, 3.63) is 41.2 Å². The molecule has 1 fully saturated rings. The molecule has 9 heteroatoms. The summed E-state index contributed by atoms with van der Waals surface area (Å²) in [6.45, 7) is 8.81. The molecule has 2 heterocycles. The zero-order valence-electron chi connectivity index (χ0n) is 17.7. The molecular formula is C21H29FN4O3S. The van der Waals surface area contributed by atoms with Crippen molar-refractivity contribution in [2.75, 3.05) is 32.7 Å². The van der Waals surface area contributed by atoms with Crippen LogP contribution in [0.15, 0.2) is 34.2 Å². The van der Waals surface area contributed by atoms with Crippen molar-refractivity contribution in [1.29, 1.82) is 0 Å². The first kappa shape index (κ1) is 22.3. The summed E-state index contributed by atoms with van der Waals surface area (Å²) >= 11 is 0. The van der Waals surface area contributed by atoms with Crippen LogP contribution in [0.5, 0.6) is 0 Å². The highest BCUT2D eigenvalue weighted by atomic mass is 32.2. The Labute approximate surface area is 177 Å². The highest BCUT2D eigenvalue weighted by Crippen LogP contribution is 2.33. The van der Waals surface area contributed by atoms with Gasteiger partial charge in [0.05, 0.1) is 0 Å². The molecule has 2 amide bonds. The molecule has 1 N–H and O–H groups in total. The molecule has 1 saturated heterocycles. The Morgan fingerprint density at radius 3 is 2.53 bits per heavy atom. The summed E-state index contributed by atoms with van der Waals surface area (Å²) < 4.78 is 42.7. The first-order valence-electron chi connectivity index (χ1n) is 10.3. The molecule has 164 valence electrons. The number of carbonyl (C=O) groups is 1. The van der Waals surface area contributed by atoms with Gasteiger partial charge in [0.2, 0.25) is 0 Å². The molecule has 0 radical (unpaired) electrons. The normalized spacial score (nSPS) is 19.2. The molecule has 2 aliphatic heterocycles. The number of nitrogens with one attached hydrogen (secondary N) is 1. The molecule has 3 rings (SSSR count). The molecule has 30 heavy (non-hydrogen) atoms. The van der Waals surface area contributed by atoms with E-state index in [9.17, 15) is 17.6 Å². The fourth-order valence-electron chi connectivity index (χ4n) is 3.70. The molecule has 0 aliphatic carbocycles. The smallest absolute Gasteiger partial charge is 0.317 e. The maximum absolute atomic E-state index is 13.3. The summed E-state index contributed by atoms with van der Waals surface area (Å²) in [5.41, 5.74) is 0.977. The number of sulfonamides is 1. The van der Waals surface area contributed by atoms with Crippen molar-refractivity contribution >= 4 is 26.8 Å². The summed E-state index contributed by atoms with van der Waals surface area (Å²) in [6, 6.07) is 5.30. The van der Waals surface area contributed by atoms with Crippen LogP contribution in [0.2, 0.25) is 0 Å². The van der Waals surface area contributed by atoms with Gasteiger partial charge in [0, 0.05) is 38.3 Å². The van der Waals surface area contributed by atoms with E-state index >= 15 is 0 Å². The largest absolute Gasteiger partial charge is 0.354 e. The van der Waals surface area contributed by atoms with Crippen LogP contribution >= 0.6 is 0 Å². The average Bonchev–Trinajstić information content (AvgIpc) is 2.84. The zero-order valence-corrected chi connectivity index (χ0v) is 18.5. The van der Waals surface area contributed by atoms with Crippen molar-refractivity contribution in [1.82, 2.24) is 15.1 Å². The summed E-state index contributed by atoms with van der Waals surface area (Å²) in [5, 5.41) is 2.95. The second-order valence-electron chi connectivity index (χ2n) is 8.09. The Morgan fingerprint density at radius 1 is 1.17 bits per heavy atom. The van der Waals surface area contributed by atoms with E-state index in [0.29, 0.717) is 55.6 Å². The van der Waals surface area contributed by atoms with E-state index in [1.807, 2.05) is 4.90 Å². The Balaban J connectivity index is 1.72. The average molecular weight is 437 g/mol. The van der Waals surface area contributed by atoms with Crippen LogP contribution in [0.4, 0.5) is 9.18 Å². The van der Waals surface area contributed by atoms with Crippen LogP contribution in [0.3, 0.4) is 0 Å². The van der Waals surface area contributed by atoms with Crippen molar-refractivity contribution < 1.29 is 17.6 Å². The van der Waals surface area contributed by atoms with Crippen LogP contribution in [0.1, 0.15) is 39.2 Å². The minimum atomic E-state index is -3.85. The number of amidine groups is 1. The molecule has 0 spiro atoms. The molecular weight excluding hydrogens is 407 g/mol. The number of hydrogen-bond donors (Lipinski definition) is 1. The third-order valence-corrected chi connectivity index (χ3v) is 6.80. The number of rotatable bonds is 4. The number of benzene rings is 1. The number of hydrogen-bond acceptors (Lipinski definition) is 4. The number of carbonyl (C=O) groups excluding carboxylic acids is 1. The molecule has 7 nitrogen and oxygen atoms in total. The van der Waals surface area contributed by atoms with Crippen LogP contribution in [-0.4, -0.2) is 62.8 Å². The summed E-state index contributed by atoms with van der Waals surface area (Å²) in [7, 11) is -3.85. The van der Waals surface area contributed by atoms with E-state index in [1.165, 1.54) is 24.3 Å². The van der Waals surface area contributed by atoms with Gasteiger partial charge in [-0.1, -0.05) is 26.0 Å². The number of nitrogens with zero attached hydrogens (tertiary/aromatic N) is 3. The van der Waals surface area contributed by atoms with E-state index in [-0.39, 0.29) is 10.9 Å². The van der Waals surface area contributed by atoms with Gasteiger partial charge in [-0.3, -0.25) is 0 Å². The van der Waals surface area contributed by atoms with E-state index in [4.69, 9.17) is 0 Å². The Bertz CT molecular complexity index is 955. The lowest BCUT2D eigenvalue weighted by atomic mass is 10.1. The molecule has 1 aromatic rings. The van der Waals surface area contributed by atoms with Gasteiger partial charge in [-0.2, -0.15) is 8.42 Å². The molecule has 0 unspecified atom stereocenters. The maximum Gasteiger partial charge on any atom is 0.317 e. The molecule has 0 saturated carbocycles. The molecule has 2 aliphatic rings. The lowest BCUT2D eigenvalue weighted by molar-refractivity contribution is 0.200. The molecule has 0 aromatic heterocycles. The second-order valence-corrected chi connectivity index (χ2v) is 9.63. The van der Waals surface area contributed by atoms with E-state index in [1.54, 1.807) is 11.8 Å². The fraction of sp³-hybridized carbons (Fsp3) is 0.524. The molecule has 0 bridgehead atoms. The number of halogens is 1. The van der Waals surface area contributed by atoms with Crippen LogP contribution in [0.25, 0.3) is 4.91 Å². The number of urea groups is 1. The zero-order chi connectivity index (χ0) is 21.9. The standard InChI is InChI=1S/C21H29FN4O3S/c1-15(2)9-10-23-21(27)26-12-4-11-25(13-14-26)20-16(3)19(30(28,29)24-20)17-5-7-18(22)8-6-17/h5-8,15H,4,9-14H2,1-3H3,(H,23,27). The summed E-state index contributed by atoms with van der Waals surface area (Å²) in [4.78, 5) is 16.2. The van der Waals surface area contributed by atoms with Gasteiger partial charge in [-0.05, 0) is 43.4 Å². The fourth-order valence-corrected chi connectivity index (χ4v) is 5.18. The van der Waals surface area contributed by atoms with Crippen LogP contribution in [0, 0.1) is 11.7 Å². The van der Waals surface area contributed by atoms with Gasteiger partial charge in [0.25, 0.3) is 10.0 Å². The van der Waals surface area contributed by atoms with Crippen molar-refractivity contribution in [3.8, 4) is 0 Å². The van der Waals surface area contributed by atoms with E-state index in [2.05, 4.69) is 23.6 Å². The van der Waals surface area contributed by atoms with Crippen molar-refractivity contribution in [2.24, 2.45) is 10.3 Å². The Kier molecular flexibility index (Phi) is 6.80. The molecule has 1 aromatic carbocycles. The van der Waals surface area contributed by atoms with Gasteiger partial charge >= 0.3 is 6.03 Å². The first-order chi connectivity index (χ1) is 14.2. The van der Waals surface area contributed by atoms with E-state index < -0.39 is 15.8 Å². The highest BCUT2D eigenvalue weighted by Gasteiger charge is 2.34. The summed E-state index contributed by atoms with van der Waals surface area (Å²) in [5.74, 6) is 0.515. The third-order valence-electron chi connectivity index (χ3n) is 5.33. The van der Waals surface area contributed by atoms with Crippen molar-refractivity contribution in [3.63, 3.8) is 0 Å². The Hall–Kier alpha value is -2.42. The predicted octanol–water partition coefficient (Wildman–Crippen LogP) is 3.06. The lowest BCUT2D eigenvalue weighted by Gasteiger charge is -2.24. The topological polar surface area (TPSA) is 82.1 Å². The van der Waals surface area contributed by atoms with Gasteiger partial charge in [-0.15, -0.1) is 4.40 Å². The molecule has 0 atom stereocenters. The van der Waals surface area contributed by atoms with Crippen molar-refractivity contribution in [2.45, 2.75) is 33.6 Å². The lowest BCUT2D eigenvalue weighted by Crippen LogP contribution is -2.43. The third kappa shape index (κ3) is 5.00. The predicted molar refractivity (Wildman–Crippen MR) is 116 cm³/mol. The van der Waals surface area contributed by atoms with E-state index in [0.717, 1.165) is 12.8 Å². The SMILES string of the molecule is CC1=C(c2ccc(F)cc2)S(=O)(=O)N=C1N1CCCN(C(=O)NCCC(C)C)CC1. The summed E-state index contributed by atoms with van der Waals surface area (Å²) in [6.07, 6.45) is 1.65. The minimum absolute atomic E-state index is 0.0854. The van der Waals surface area contributed by atoms with Gasteiger partial charge in [0.1, 0.15) is 16.6 Å². The van der Waals surface area contributed by atoms with Crippen LogP contribution < -0.4 is 5.32 Å². The quantitative estimate of drug-likeness (QED) is 0.787. The van der Waals surface area contributed by atoms with Gasteiger partial charge < -0.3 is 15.1 Å². The number of amides is 2. The van der Waals surface area contributed by atoms with Crippen LogP contribution in [-0.2, 0) is 10.0 Å². The minimum Gasteiger partial charge on any atom is -0.354 e. The maximum atomic E-state index is 13.3. The van der Waals surface area contributed by atoms with Gasteiger partial charge in [-0.25, -0.2) is 9.18 Å². The Morgan fingerprint density at radius 2 is 1.87 bits per heavy atom. The first-order valence-corrected chi connectivity index (χ1v) is 11.7. The second kappa shape index (κ2) is 9.16.